The van der Waals surface area contributed by atoms with Gasteiger partial charge in [0, 0.05) is 17.0 Å². The van der Waals surface area contributed by atoms with Gasteiger partial charge in [0.25, 0.3) is 5.69 Å². The first-order chi connectivity index (χ1) is 7.00. The normalized spacial score (nSPS) is 9.80. The Morgan fingerprint density at radius 1 is 1.20 bits per heavy atom. The van der Waals surface area contributed by atoms with Crippen LogP contribution < -0.4 is 0 Å². The summed E-state index contributed by atoms with van der Waals surface area (Å²) in [6.07, 6.45) is 0. The maximum Gasteiger partial charge on any atom is 0.269 e. The predicted molar refractivity (Wildman–Crippen MR) is 63.0 cm³/mol. The fraction of sp³-hybridized carbons (Fsp3) is 0.273. The lowest BCUT2D eigenvalue weighted by molar-refractivity contribution is -0.384. The van der Waals surface area contributed by atoms with Gasteiger partial charge in [0.05, 0.1) is 4.92 Å². The smallest absolute Gasteiger partial charge is 0.258 e. The van der Waals surface area contributed by atoms with Crippen molar-refractivity contribution in [3.05, 3.63) is 44.9 Å². The van der Waals surface area contributed by atoms with Gasteiger partial charge in [0.2, 0.25) is 0 Å². The van der Waals surface area contributed by atoms with Gasteiger partial charge in [-0.05, 0) is 37.8 Å². The third-order valence-corrected chi connectivity index (χ3v) is 3.24. The molecule has 0 saturated carbocycles. The van der Waals surface area contributed by atoms with E-state index >= 15 is 0 Å². The van der Waals surface area contributed by atoms with E-state index in [1.54, 1.807) is 23.9 Å². The minimum atomic E-state index is -0.387. The number of rotatable bonds is 3. The number of benzene rings is 1. The van der Waals surface area contributed by atoms with E-state index in [0.29, 0.717) is 0 Å². The summed E-state index contributed by atoms with van der Waals surface area (Å²) in [6.45, 7) is 6.14. The third kappa shape index (κ3) is 3.40. The monoisotopic (exact) mass is 223 g/mol. The number of allylic oxidation sites excluding steroid dienone is 2. The van der Waals surface area contributed by atoms with Crippen molar-refractivity contribution in [1.82, 2.24) is 0 Å². The van der Waals surface area contributed by atoms with Crippen molar-refractivity contribution in [2.45, 2.75) is 25.7 Å². The van der Waals surface area contributed by atoms with Crippen LogP contribution in [-0.4, -0.2) is 4.92 Å². The Labute approximate surface area is 93.3 Å². The Hall–Kier alpha value is -1.29. The Morgan fingerprint density at radius 2 is 1.73 bits per heavy atom. The van der Waals surface area contributed by atoms with E-state index in [0.717, 1.165) is 4.90 Å². The van der Waals surface area contributed by atoms with Crippen molar-refractivity contribution in [2.75, 3.05) is 0 Å². The van der Waals surface area contributed by atoms with Crippen molar-refractivity contribution in [2.24, 2.45) is 0 Å². The van der Waals surface area contributed by atoms with Gasteiger partial charge in [0.1, 0.15) is 0 Å². The Bertz CT molecular complexity index is 392. The quantitative estimate of drug-likeness (QED) is 0.442. The third-order valence-electron chi connectivity index (χ3n) is 2.02. The molecule has 1 rings (SSSR count). The second kappa shape index (κ2) is 4.98. The molecule has 0 radical (unpaired) electrons. The average molecular weight is 223 g/mol. The molecular weight excluding hydrogens is 210 g/mol. The van der Waals surface area contributed by atoms with Gasteiger partial charge < -0.3 is 0 Å². The lowest BCUT2D eigenvalue weighted by Gasteiger charge is -2.03. The maximum atomic E-state index is 10.4. The highest BCUT2D eigenvalue weighted by atomic mass is 32.2. The van der Waals surface area contributed by atoms with Crippen molar-refractivity contribution in [1.29, 1.82) is 0 Å². The summed E-state index contributed by atoms with van der Waals surface area (Å²) in [7, 11) is 0. The summed E-state index contributed by atoms with van der Waals surface area (Å²) in [5.41, 5.74) is 1.40. The Balaban J connectivity index is 2.82. The molecule has 80 valence electrons. The molecule has 4 heteroatoms. The van der Waals surface area contributed by atoms with Gasteiger partial charge in [-0.3, -0.25) is 10.1 Å². The van der Waals surface area contributed by atoms with Crippen LogP contribution in [0.15, 0.2) is 39.6 Å². The summed E-state index contributed by atoms with van der Waals surface area (Å²) in [4.78, 5) is 12.3. The lowest BCUT2D eigenvalue weighted by atomic mass is 10.3. The fourth-order valence-corrected chi connectivity index (χ4v) is 1.74. The zero-order chi connectivity index (χ0) is 11.4. The number of thioether (sulfide) groups is 1. The second-order valence-corrected chi connectivity index (χ2v) is 4.70. The molecule has 0 unspecified atom stereocenters. The number of nitrogens with zero attached hydrogens (tertiary/aromatic N) is 1. The molecule has 0 aromatic heterocycles. The van der Waals surface area contributed by atoms with Gasteiger partial charge in [-0.15, -0.1) is 0 Å². The second-order valence-electron chi connectivity index (χ2n) is 3.41. The highest BCUT2D eigenvalue weighted by molar-refractivity contribution is 8.03. The van der Waals surface area contributed by atoms with Crippen LogP contribution in [0.1, 0.15) is 20.8 Å². The first-order valence-electron chi connectivity index (χ1n) is 4.57. The molecule has 0 spiro atoms. The number of hydrogen-bond donors (Lipinski definition) is 0. The van der Waals surface area contributed by atoms with Crippen molar-refractivity contribution >= 4 is 17.4 Å². The molecule has 0 aliphatic rings. The topological polar surface area (TPSA) is 43.1 Å². The number of nitro groups is 1. The molecule has 0 bridgehead atoms. The van der Waals surface area contributed by atoms with Gasteiger partial charge in [-0.1, -0.05) is 17.3 Å². The summed E-state index contributed by atoms with van der Waals surface area (Å²) < 4.78 is 0. The van der Waals surface area contributed by atoms with Gasteiger partial charge >= 0.3 is 0 Å². The molecule has 0 fully saturated rings. The minimum absolute atomic E-state index is 0.134. The van der Waals surface area contributed by atoms with Crippen molar-refractivity contribution in [3.8, 4) is 0 Å². The number of nitro benzene ring substituents is 1. The summed E-state index contributed by atoms with van der Waals surface area (Å²) in [6, 6.07) is 6.60. The molecule has 15 heavy (non-hydrogen) atoms. The molecule has 0 aliphatic heterocycles. The van der Waals surface area contributed by atoms with Crippen LogP contribution in [0.3, 0.4) is 0 Å². The number of hydrogen-bond acceptors (Lipinski definition) is 3. The zero-order valence-electron chi connectivity index (χ0n) is 8.98. The number of non-ortho nitro benzene ring substituents is 1. The van der Waals surface area contributed by atoms with E-state index in [1.165, 1.54) is 22.6 Å². The molecule has 0 heterocycles. The summed E-state index contributed by atoms with van der Waals surface area (Å²) in [5, 5.41) is 10.4. The molecule has 0 atom stereocenters. The first-order valence-corrected chi connectivity index (χ1v) is 5.38. The average Bonchev–Trinajstić information content (AvgIpc) is 2.18. The highest BCUT2D eigenvalue weighted by Gasteiger charge is 2.04. The SMILES string of the molecule is CC(C)=C(C)Sc1ccc([N+](=O)[O-])cc1. The fourth-order valence-electron chi connectivity index (χ4n) is 0.915. The van der Waals surface area contributed by atoms with E-state index in [-0.39, 0.29) is 10.6 Å². The van der Waals surface area contributed by atoms with E-state index < -0.39 is 0 Å². The van der Waals surface area contributed by atoms with Crippen LogP contribution in [0, 0.1) is 10.1 Å². The van der Waals surface area contributed by atoms with Crippen LogP contribution in [0.25, 0.3) is 0 Å². The maximum absolute atomic E-state index is 10.4. The van der Waals surface area contributed by atoms with Crippen LogP contribution in [0.4, 0.5) is 5.69 Å². The molecule has 1 aromatic carbocycles. The molecule has 0 saturated heterocycles. The van der Waals surface area contributed by atoms with Crippen LogP contribution in [0.2, 0.25) is 0 Å². The minimum Gasteiger partial charge on any atom is -0.258 e. The van der Waals surface area contributed by atoms with E-state index in [2.05, 4.69) is 0 Å². The largest absolute Gasteiger partial charge is 0.269 e. The molecular formula is C11H13NO2S. The molecule has 1 aromatic rings. The molecule has 3 nitrogen and oxygen atoms in total. The van der Waals surface area contributed by atoms with Gasteiger partial charge in [0.15, 0.2) is 0 Å². The molecule has 0 amide bonds. The van der Waals surface area contributed by atoms with Gasteiger partial charge in [-0.25, -0.2) is 0 Å². The Kier molecular flexibility index (Phi) is 3.91. The summed E-state index contributed by atoms with van der Waals surface area (Å²) in [5.74, 6) is 0. The van der Waals surface area contributed by atoms with Gasteiger partial charge in [-0.2, -0.15) is 0 Å². The van der Waals surface area contributed by atoms with Crippen LogP contribution in [-0.2, 0) is 0 Å². The van der Waals surface area contributed by atoms with Crippen LogP contribution >= 0.6 is 11.8 Å². The van der Waals surface area contributed by atoms with E-state index in [4.69, 9.17) is 0 Å². The highest BCUT2D eigenvalue weighted by Crippen LogP contribution is 2.29. The van der Waals surface area contributed by atoms with Crippen LogP contribution in [0.5, 0.6) is 0 Å². The Morgan fingerprint density at radius 3 is 2.13 bits per heavy atom. The zero-order valence-corrected chi connectivity index (χ0v) is 9.80. The first kappa shape index (κ1) is 11.8. The van der Waals surface area contributed by atoms with Crippen molar-refractivity contribution in [3.63, 3.8) is 0 Å². The standard InChI is InChI=1S/C11H13NO2S/c1-8(2)9(3)15-11-6-4-10(5-7-11)12(13)14/h4-7H,1-3H3. The van der Waals surface area contributed by atoms with Crippen molar-refractivity contribution < 1.29 is 4.92 Å². The molecule has 0 aliphatic carbocycles. The van der Waals surface area contributed by atoms with E-state index in [1.807, 2.05) is 20.8 Å². The van der Waals surface area contributed by atoms with E-state index in [9.17, 15) is 10.1 Å². The molecule has 0 N–H and O–H groups in total. The lowest BCUT2D eigenvalue weighted by Crippen LogP contribution is -1.86. The predicted octanol–water partition coefficient (Wildman–Crippen LogP) is 4.00. The summed E-state index contributed by atoms with van der Waals surface area (Å²) >= 11 is 1.63.